The van der Waals surface area contributed by atoms with E-state index in [1.165, 1.54) is 48.5 Å². The van der Waals surface area contributed by atoms with Crippen LogP contribution in [0.25, 0.3) is 0 Å². The van der Waals surface area contributed by atoms with E-state index in [-0.39, 0.29) is 23.4 Å². The van der Waals surface area contributed by atoms with Crippen LogP contribution < -0.4 is 42.5 Å². The van der Waals surface area contributed by atoms with Gasteiger partial charge in [0.05, 0.1) is 9.85 Å². The predicted octanol–water partition coefficient (Wildman–Crippen LogP) is 0.252. The lowest BCUT2D eigenvalue weighted by Gasteiger charge is -2.26. The van der Waals surface area contributed by atoms with Gasteiger partial charge in [0.15, 0.2) is 0 Å². The molecule has 1 heterocycles. The molecule has 1 fully saturated rings. The molecule has 2 aromatic carbocycles. The molecule has 1 aliphatic rings. The first-order chi connectivity index (χ1) is 21.3. The number of urea groups is 2. The Morgan fingerprint density at radius 1 is 0.614 bits per heavy atom. The van der Waals surface area contributed by atoms with Crippen LogP contribution in [-0.2, 0) is 0 Å². The Kier molecular flexibility index (Phi) is 14.7. The second-order valence-electron chi connectivity index (χ2n) is 9.79. The summed E-state index contributed by atoms with van der Waals surface area (Å²) in [5, 5.41) is 46.0. The summed E-state index contributed by atoms with van der Waals surface area (Å²) < 4.78 is 0. The van der Waals surface area contributed by atoms with Crippen molar-refractivity contribution >= 4 is 34.8 Å². The molecule has 1 aliphatic heterocycles. The van der Waals surface area contributed by atoms with Crippen molar-refractivity contribution in [2.75, 3.05) is 89.7 Å². The number of rotatable bonds is 10. The quantitative estimate of drug-likeness (QED) is 0.133. The van der Waals surface area contributed by atoms with Gasteiger partial charge in [-0.15, -0.1) is 0 Å². The SMILES string of the molecule is O=C(NCCN1CNCCNCN(CCNC(=O)Nc2ccc([N+](=O)[O-])cc2)CNCCNC1)Nc1ccc([N+](=O)[O-])cc1. The molecule has 1 saturated heterocycles. The zero-order chi connectivity index (χ0) is 31.6. The molecule has 0 saturated carbocycles. The van der Waals surface area contributed by atoms with Gasteiger partial charge in [0.2, 0.25) is 0 Å². The van der Waals surface area contributed by atoms with Gasteiger partial charge in [-0.05, 0) is 24.3 Å². The lowest BCUT2D eigenvalue weighted by atomic mass is 10.3. The van der Waals surface area contributed by atoms with Crippen LogP contribution >= 0.6 is 0 Å². The van der Waals surface area contributed by atoms with E-state index in [1.807, 2.05) is 0 Å². The van der Waals surface area contributed by atoms with Gasteiger partial charge in [0.25, 0.3) is 11.4 Å². The number of hydrogen-bond acceptors (Lipinski definition) is 12. The van der Waals surface area contributed by atoms with Crippen LogP contribution in [0.1, 0.15) is 0 Å². The molecule has 0 bridgehead atoms. The number of carbonyl (C=O) groups excluding carboxylic acids is 2. The highest BCUT2D eigenvalue weighted by Crippen LogP contribution is 2.16. The number of nitrogens with one attached hydrogen (secondary N) is 8. The Morgan fingerprint density at radius 2 is 0.932 bits per heavy atom. The predicted molar refractivity (Wildman–Crippen MR) is 165 cm³/mol. The summed E-state index contributed by atoms with van der Waals surface area (Å²) in [6.45, 7) is 7.39. The first-order valence-corrected chi connectivity index (χ1v) is 14.2. The van der Waals surface area contributed by atoms with Crippen molar-refractivity contribution in [1.29, 1.82) is 0 Å². The highest BCUT2D eigenvalue weighted by Gasteiger charge is 2.11. The van der Waals surface area contributed by atoms with E-state index in [1.54, 1.807) is 0 Å². The van der Waals surface area contributed by atoms with Crippen LogP contribution in [0.2, 0.25) is 0 Å². The minimum Gasteiger partial charge on any atom is -0.337 e. The first kappa shape index (κ1) is 34.0. The van der Waals surface area contributed by atoms with Crippen molar-refractivity contribution in [2.24, 2.45) is 0 Å². The number of nitro groups is 2. The fourth-order valence-corrected chi connectivity index (χ4v) is 4.07. The summed E-state index contributed by atoms with van der Waals surface area (Å²) >= 11 is 0. The van der Waals surface area contributed by atoms with E-state index < -0.39 is 9.85 Å². The smallest absolute Gasteiger partial charge is 0.319 e. The summed E-state index contributed by atoms with van der Waals surface area (Å²) in [5.41, 5.74) is 0.849. The van der Waals surface area contributed by atoms with Gasteiger partial charge < -0.3 is 42.5 Å². The van der Waals surface area contributed by atoms with Crippen molar-refractivity contribution in [3.63, 3.8) is 0 Å². The number of nitro benzene ring substituents is 2. The van der Waals surface area contributed by atoms with Gasteiger partial charge in [-0.1, -0.05) is 0 Å². The van der Waals surface area contributed by atoms with E-state index in [4.69, 9.17) is 0 Å². The second-order valence-corrected chi connectivity index (χ2v) is 9.79. The monoisotopic (exact) mass is 616 g/mol. The van der Waals surface area contributed by atoms with Crippen molar-refractivity contribution in [3.8, 4) is 0 Å². The number of benzene rings is 2. The summed E-state index contributed by atoms with van der Waals surface area (Å²) in [6.07, 6.45) is 0. The number of non-ortho nitro benzene ring substituents is 2. The largest absolute Gasteiger partial charge is 0.337 e. The normalized spacial score (nSPS) is 15.8. The zero-order valence-corrected chi connectivity index (χ0v) is 24.3. The molecule has 0 aliphatic carbocycles. The standard InChI is InChI=1S/C26H40N12O6/c39-25(33-21-1-5-23(6-2-21)37(41)42)31-13-15-35-17-27-9-11-29-19-36(20-30-12-10-28-18-35)16-14-32-26(40)34-22-3-7-24(8-4-22)38(43)44/h1-8,27-30H,9-20H2,(H2,31,33,39)(H2,32,34,40). The Hall–Kier alpha value is -4.46. The zero-order valence-electron chi connectivity index (χ0n) is 24.3. The van der Waals surface area contributed by atoms with Crippen LogP contribution in [0.4, 0.5) is 32.3 Å². The molecule has 0 radical (unpaired) electrons. The maximum atomic E-state index is 12.2. The minimum atomic E-state index is -0.494. The van der Waals surface area contributed by atoms with Crippen LogP contribution in [0, 0.1) is 20.2 Å². The van der Waals surface area contributed by atoms with E-state index in [9.17, 15) is 29.8 Å². The Labute approximate surface area is 254 Å². The van der Waals surface area contributed by atoms with E-state index in [0.29, 0.717) is 64.2 Å². The molecule has 44 heavy (non-hydrogen) atoms. The van der Waals surface area contributed by atoms with E-state index in [0.717, 1.165) is 26.2 Å². The molecular weight excluding hydrogens is 576 g/mol. The van der Waals surface area contributed by atoms with Crippen molar-refractivity contribution in [1.82, 2.24) is 41.7 Å². The molecule has 3 rings (SSSR count). The molecule has 240 valence electrons. The van der Waals surface area contributed by atoms with Gasteiger partial charge in [-0.3, -0.25) is 30.0 Å². The first-order valence-electron chi connectivity index (χ1n) is 14.2. The third-order valence-electron chi connectivity index (χ3n) is 6.40. The van der Waals surface area contributed by atoms with Crippen LogP contribution in [-0.4, -0.2) is 111 Å². The summed E-state index contributed by atoms with van der Waals surface area (Å²) in [4.78, 5) is 49.2. The highest BCUT2D eigenvalue weighted by molar-refractivity contribution is 5.89. The number of carbonyl (C=O) groups is 2. The Balaban J connectivity index is 1.31. The van der Waals surface area contributed by atoms with Crippen molar-refractivity contribution in [2.45, 2.75) is 0 Å². The molecule has 0 spiro atoms. The van der Waals surface area contributed by atoms with Crippen LogP contribution in [0.15, 0.2) is 48.5 Å². The van der Waals surface area contributed by atoms with Gasteiger partial charge in [-0.25, -0.2) is 9.59 Å². The Morgan fingerprint density at radius 3 is 1.23 bits per heavy atom. The number of nitrogens with zero attached hydrogens (tertiary/aromatic N) is 4. The average molecular weight is 617 g/mol. The van der Waals surface area contributed by atoms with Crippen LogP contribution in [0.5, 0.6) is 0 Å². The summed E-state index contributed by atoms with van der Waals surface area (Å²) in [6, 6.07) is 10.5. The third kappa shape index (κ3) is 13.2. The maximum Gasteiger partial charge on any atom is 0.319 e. The van der Waals surface area contributed by atoms with Crippen LogP contribution in [0.3, 0.4) is 0 Å². The highest BCUT2D eigenvalue weighted by atomic mass is 16.6. The summed E-state index contributed by atoms with van der Waals surface area (Å²) in [7, 11) is 0. The second kappa shape index (κ2) is 18.9. The Bertz CT molecular complexity index is 1090. The molecular formula is C26H40N12O6. The third-order valence-corrected chi connectivity index (χ3v) is 6.40. The molecule has 4 amide bonds. The van der Waals surface area contributed by atoms with Crippen molar-refractivity contribution in [3.05, 3.63) is 68.8 Å². The lowest BCUT2D eigenvalue weighted by Crippen LogP contribution is -2.49. The van der Waals surface area contributed by atoms with E-state index >= 15 is 0 Å². The average Bonchev–Trinajstić information content (AvgIpc) is 3.00. The lowest BCUT2D eigenvalue weighted by molar-refractivity contribution is -0.385. The molecule has 18 nitrogen and oxygen atoms in total. The van der Waals surface area contributed by atoms with Gasteiger partial charge in [0, 0.05) is 115 Å². The van der Waals surface area contributed by atoms with E-state index in [2.05, 4.69) is 52.3 Å². The molecule has 0 unspecified atom stereocenters. The molecule has 8 N–H and O–H groups in total. The molecule has 0 aromatic heterocycles. The number of anilines is 2. The molecule has 0 atom stereocenters. The fraction of sp³-hybridized carbons (Fsp3) is 0.462. The van der Waals surface area contributed by atoms with Crippen molar-refractivity contribution < 1.29 is 19.4 Å². The number of amides is 4. The van der Waals surface area contributed by atoms with Gasteiger partial charge >= 0.3 is 12.1 Å². The topological polar surface area (TPSA) is 223 Å². The van der Waals surface area contributed by atoms with Gasteiger partial charge in [0.1, 0.15) is 0 Å². The maximum absolute atomic E-state index is 12.2. The minimum absolute atomic E-state index is 0.0430. The number of hydrogen-bond donors (Lipinski definition) is 8. The van der Waals surface area contributed by atoms with Gasteiger partial charge in [-0.2, -0.15) is 0 Å². The fourth-order valence-electron chi connectivity index (χ4n) is 4.07. The molecule has 2 aromatic rings. The summed E-state index contributed by atoms with van der Waals surface area (Å²) in [5.74, 6) is 0. The molecule has 18 heteroatoms.